The van der Waals surface area contributed by atoms with Gasteiger partial charge >= 0.3 is 0 Å². The summed E-state index contributed by atoms with van der Waals surface area (Å²) in [5, 5.41) is 0. The molecule has 2 rings (SSSR count). The SMILES string of the molecule is COCCc1ccc(Oc2ncc(N)cc2Br)cc1. The molecular formula is C14H15BrN2O2. The topological polar surface area (TPSA) is 57.4 Å². The summed E-state index contributed by atoms with van der Waals surface area (Å²) < 4.78 is 11.5. The Morgan fingerprint density at radius 3 is 2.63 bits per heavy atom. The van der Waals surface area contributed by atoms with Gasteiger partial charge in [-0.05, 0) is 46.1 Å². The van der Waals surface area contributed by atoms with Gasteiger partial charge in [0.2, 0.25) is 5.88 Å². The third-order valence-corrected chi connectivity index (χ3v) is 3.13. The van der Waals surface area contributed by atoms with Gasteiger partial charge in [0, 0.05) is 7.11 Å². The van der Waals surface area contributed by atoms with Crippen LogP contribution >= 0.6 is 15.9 Å². The van der Waals surface area contributed by atoms with Gasteiger partial charge in [0.15, 0.2) is 0 Å². The number of rotatable bonds is 5. The third-order valence-electron chi connectivity index (χ3n) is 2.56. The average molecular weight is 323 g/mol. The number of benzene rings is 1. The second-order valence-corrected chi connectivity index (χ2v) is 4.90. The number of pyridine rings is 1. The Bertz CT molecular complexity index is 544. The molecule has 0 aliphatic carbocycles. The van der Waals surface area contributed by atoms with Crippen molar-refractivity contribution in [3.63, 3.8) is 0 Å². The van der Waals surface area contributed by atoms with Crippen LogP contribution in [0.25, 0.3) is 0 Å². The molecule has 2 N–H and O–H groups in total. The summed E-state index contributed by atoms with van der Waals surface area (Å²) in [6, 6.07) is 9.61. The maximum Gasteiger partial charge on any atom is 0.233 e. The quantitative estimate of drug-likeness (QED) is 0.916. The van der Waals surface area contributed by atoms with Crippen molar-refractivity contribution in [1.29, 1.82) is 0 Å². The lowest BCUT2D eigenvalue weighted by Crippen LogP contribution is -1.95. The van der Waals surface area contributed by atoms with Crippen LogP contribution in [0.1, 0.15) is 5.56 Å². The van der Waals surface area contributed by atoms with Crippen LogP contribution in [-0.2, 0) is 11.2 Å². The van der Waals surface area contributed by atoms with E-state index in [1.807, 2.05) is 24.3 Å². The van der Waals surface area contributed by atoms with E-state index in [9.17, 15) is 0 Å². The molecule has 1 aromatic heterocycles. The normalized spacial score (nSPS) is 10.4. The van der Waals surface area contributed by atoms with Crippen LogP contribution in [0.4, 0.5) is 5.69 Å². The second kappa shape index (κ2) is 6.54. The number of nitrogen functional groups attached to an aromatic ring is 1. The smallest absolute Gasteiger partial charge is 0.233 e. The minimum atomic E-state index is 0.499. The van der Waals surface area contributed by atoms with E-state index in [1.165, 1.54) is 5.56 Å². The summed E-state index contributed by atoms with van der Waals surface area (Å²) in [5.41, 5.74) is 7.43. The molecule has 19 heavy (non-hydrogen) atoms. The zero-order valence-corrected chi connectivity index (χ0v) is 12.2. The Morgan fingerprint density at radius 1 is 1.26 bits per heavy atom. The Kier molecular flexibility index (Phi) is 4.76. The van der Waals surface area contributed by atoms with E-state index >= 15 is 0 Å². The van der Waals surface area contributed by atoms with Crippen molar-refractivity contribution in [3.05, 3.63) is 46.6 Å². The van der Waals surface area contributed by atoms with Crippen molar-refractivity contribution in [2.24, 2.45) is 0 Å². The van der Waals surface area contributed by atoms with Gasteiger partial charge < -0.3 is 15.2 Å². The van der Waals surface area contributed by atoms with Crippen LogP contribution in [0.15, 0.2) is 41.0 Å². The van der Waals surface area contributed by atoms with Gasteiger partial charge in [0.25, 0.3) is 0 Å². The lowest BCUT2D eigenvalue weighted by Gasteiger charge is -2.08. The number of ether oxygens (including phenoxy) is 2. The molecule has 1 heterocycles. The van der Waals surface area contributed by atoms with Gasteiger partial charge in [0.1, 0.15) is 5.75 Å². The maximum atomic E-state index is 5.68. The van der Waals surface area contributed by atoms with Crippen molar-refractivity contribution < 1.29 is 9.47 Å². The van der Waals surface area contributed by atoms with E-state index in [1.54, 1.807) is 19.4 Å². The van der Waals surface area contributed by atoms with Crippen LogP contribution in [0.2, 0.25) is 0 Å². The lowest BCUT2D eigenvalue weighted by atomic mass is 10.1. The number of nitrogens with two attached hydrogens (primary N) is 1. The van der Waals surface area contributed by atoms with Crippen LogP contribution < -0.4 is 10.5 Å². The van der Waals surface area contributed by atoms with E-state index in [0.29, 0.717) is 18.2 Å². The molecule has 2 aromatic rings. The van der Waals surface area contributed by atoms with E-state index in [0.717, 1.165) is 16.6 Å². The van der Waals surface area contributed by atoms with E-state index in [-0.39, 0.29) is 0 Å². The Morgan fingerprint density at radius 2 is 2.00 bits per heavy atom. The molecule has 0 bridgehead atoms. The number of hydrogen-bond acceptors (Lipinski definition) is 4. The van der Waals surface area contributed by atoms with Gasteiger partial charge in [-0.1, -0.05) is 12.1 Å². The highest BCUT2D eigenvalue weighted by Gasteiger charge is 2.05. The predicted octanol–water partition coefficient (Wildman–Crippen LogP) is 3.41. The first-order valence-corrected chi connectivity index (χ1v) is 6.65. The maximum absolute atomic E-state index is 5.68. The fraction of sp³-hybridized carbons (Fsp3) is 0.214. The van der Waals surface area contributed by atoms with E-state index < -0.39 is 0 Å². The van der Waals surface area contributed by atoms with E-state index in [4.69, 9.17) is 15.2 Å². The molecule has 0 radical (unpaired) electrons. The highest BCUT2D eigenvalue weighted by atomic mass is 79.9. The van der Waals surface area contributed by atoms with E-state index in [2.05, 4.69) is 20.9 Å². The number of nitrogens with zero attached hydrogens (tertiary/aromatic N) is 1. The average Bonchev–Trinajstić information content (AvgIpc) is 2.41. The van der Waals surface area contributed by atoms with Crippen molar-refractivity contribution in [1.82, 2.24) is 4.98 Å². The number of aromatic nitrogens is 1. The van der Waals surface area contributed by atoms with Crippen LogP contribution in [0.5, 0.6) is 11.6 Å². The molecule has 0 amide bonds. The summed E-state index contributed by atoms with van der Waals surface area (Å²) in [4.78, 5) is 4.13. The van der Waals surface area contributed by atoms with Gasteiger partial charge in [0.05, 0.1) is 23.0 Å². The number of hydrogen-bond donors (Lipinski definition) is 1. The monoisotopic (exact) mass is 322 g/mol. The number of halogens is 1. The summed E-state index contributed by atoms with van der Waals surface area (Å²) in [6.45, 7) is 0.714. The molecule has 0 fully saturated rings. The molecule has 1 aromatic carbocycles. The molecular weight excluding hydrogens is 308 g/mol. The minimum Gasteiger partial charge on any atom is -0.438 e. The summed E-state index contributed by atoms with van der Waals surface area (Å²) in [5.74, 6) is 1.23. The molecule has 5 heteroatoms. The molecule has 100 valence electrons. The summed E-state index contributed by atoms with van der Waals surface area (Å²) in [6.07, 6.45) is 2.45. The molecule has 0 spiro atoms. The van der Waals surface area contributed by atoms with Gasteiger partial charge in [-0.2, -0.15) is 0 Å². The number of methoxy groups -OCH3 is 1. The fourth-order valence-electron chi connectivity index (χ4n) is 1.57. The summed E-state index contributed by atoms with van der Waals surface area (Å²) in [7, 11) is 1.70. The third kappa shape index (κ3) is 3.94. The van der Waals surface area contributed by atoms with Crippen molar-refractivity contribution in [2.45, 2.75) is 6.42 Å². The summed E-state index contributed by atoms with van der Waals surface area (Å²) >= 11 is 3.37. The largest absolute Gasteiger partial charge is 0.438 e. The molecule has 0 unspecified atom stereocenters. The Balaban J connectivity index is 2.06. The second-order valence-electron chi connectivity index (χ2n) is 4.04. The minimum absolute atomic E-state index is 0.499. The van der Waals surface area contributed by atoms with Crippen LogP contribution in [-0.4, -0.2) is 18.7 Å². The predicted molar refractivity (Wildman–Crippen MR) is 78.4 cm³/mol. The fourth-order valence-corrected chi connectivity index (χ4v) is 2.02. The van der Waals surface area contributed by atoms with Crippen molar-refractivity contribution in [3.8, 4) is 11.6 Å². The molecule has 0 atom stereocenters. The first kappa shape index (κ1) is 13.8. The van der Waals surface area contributed by atoms with Gasteiger partial charge in [-0.3, -0.25) is 0 Å². The van der Waals surface area contributed by atoms with Crippen LogP contribution in [0.3, 0.4) is 0 Å². The number of anilines is 1. The molecule has 0 saturated heterocycles. The van der Waals surface area contributed by atoms with Gasteiger partial charge in [-0.25, -0.2) is 4.98 Å². The Labute approximate surface area is 120 Å². The first-order valence-electron chi connectivity index (χ1n) is 5.86. The first-order chi connectivity index (χ1) is 9.19. The highest BCUT2D eigenvalue weighted by Crippen LogP contribution is 2.28. The molecule has 0 aliphatic heterocycles. The lowest BCUT2D eigenvalue weighted by molar-refractivity contribution is 0.202. The highest BCUT2D eigenvalue weighted by molar-refractivity contribution is 9.10. The Hall–Kier alpha value is -1.59. The van der Waals surface area contributed by atoms with Crippen molar-refractivity contribution in [2.75, 3.05) is 19.5 Å². The zero-order chi connectivity index (χ0) is 13.7. The standard InChI is InChI=1S/C14H15BrN2O2/c1-18-7-6-10-2-4-12(5-3-10)19-14-13(15)8-11(16)9-17-14/h2-5,8-9H,6-7,16H2,1H3. The zero-order valence-electron chi connectivity index (χ0n) is 10.6. The van der Waals surface area contributed by atoms with Crippen LogP contribution in [0, 0.1) is 0 Å². The molecule has 4 nitrogen and oxygen atoms in total. The molecule has 0 aliphatic rings. The van der Waals surface area contributed by atoms with Gasteiger partial charge in [-0.15, -0.1) is 0 Å². The molecule has 0 saturated carbocycles. The van der Waals surface area contributed by atoms with Crippen molar-refractivity contribution >= 4 is 21.6 Å².